The van der Waals surface area contributed by atoms with Crippen LogP contribution in [0.3, 0.4) is 0 Å². The number of nitrogens with two attached hydrogens (primary N) is 1. The summed E-state index contributed by atoms with van der Waals surface area (Å²) < 4.78 is 18.9. The Kier molecular flexibility index (Phi) is 3.93. The number of halogens is 2. The highest BCUT2D eigenvalue weighted by Gasteiger charge is 2.19. The van der Waals surface area contributed by atoms with Gasteiger partial charge in [-0.15, -0.1) is 0 Å². The molecule has 0 aliphatic carbocycles. The molecule has 0 radical (unpaired) electrons. The summed E-state index contributed by atoms with van der Waals surface area (Å²) in [4.78, 5) is 0. The van der Waals surface area contributed by atoms with Gasteiger partial charge >= 0.3 is 0 Å². The van der Waals surface area contributed by atoms with Gasteiger partial charge in [0.05, 0.1) is 11.6 Å². The lowest BCUT2D eigenvalue weighted by Crippen LogP contribution is -2.10. The van der Waals surface area contributed by atoms with Gasteiger partial charge in [-0.05, 0) is 34.5 Å². The molecule has 0 spiro atoms. The number of phenols is 1. The molecule has 1 aromatic rings. The molecule has 5 heteroatoms. The number of ether oxygens (including phenoxy) is 1. The quantitative estimate of drug-likeness (QED) is 0.892. The van der Waals surface area contributed by atoms with Crippen LogP contribution in [0.5, 0.6) is 11.5 Å². The normalized spacial score (nSPS) is 12.6. The first kappa shape index (κ1) is 12.3. The van der Waals surface area contributed by atoms with Crippen LogP contribution in [0.15, 0.2) is 10.5 Å². The number of benzene rings is 1. The van der Waals surface area contributed by atoms with E-state index < -0.39 is 11.6 Å². The van der Waals surface area contributed by atoms with Crippen LogP contribution in [-0.2, 0) is 0 Å². The third-order valence-corrected chi connectivity index (χ3v) is 2.86. The zero-order chi connectivity index (χ0) is 11.6. The van der Waals surface area contributed by atoms with Crippen molar-refractivity contribution in [3.8, 4) is 11.5 Å². The predicted molar refractivity (Wildman–Crippen MR) is 59.8 cm³/mol. The number of phenolic OH excluding ortho intramolecular Hbond substituents is 1. The lowest BCUT2D eigenvalue weighted by atomic mass is 10.00. The second-order valence-corrected chi connectivity index (χ2v) is 4.13. The van der Waals surface area contributed by atoms with E-state index in [2.05, 4.69) is 15.9 Å². The van der Waals surface area contributed by atoms with E-state index in [1.807, 2.05) is 6.92 Å². The average molecular weight is 278 g/mol. The number of methoxy groups -OCH3 is 1. The van der Waals surface area contributed by atoms with Gasteiger partial charge in [0.25, 0.3) is 0 Å². The van der Waals surface area contributed by atoms with Gasteiger partial charge in [0.2, 0.25) is 5.82 Å². The Morgan fingerprint density at radius 3 is 2.73 bits per heavy atom. The average Bonchev–Trinajstić information content (AvgIpc) is 2.23. The topological polar surface area (TPSA) is 55.5 Å². The molecule has 0 saturated carbocycles. The number of aromatic hydroxyl groups is 1. The molecule has 1 aromatic carbocycles. The second kappa shape index (κ2) is 4.81. The maximum atomic E-state index is 13.6. The molecule has 0 aliphatic rings. The van der Waals surface area contributed by atoms with Gasteiger partial charge < -0.3 is 15.6 Å². The molecule has 1 atom stereocenters. The van der Waals surface area contributed by atoms with Crippen LogP contribution in [0.2, 0.25) is 0 Å². The number of hydrogen-bond donors (Lipinski definition) is 2. The number of hydrogen-bond acceptors (Lipinski definition) is 3. The SMILES string of the molecule is COc1c(Br)cc(C(C)CN)c(O)c1F. The van der Waals surface area contributed by atoms with Gasteiger partial charge in [0.1, 0.15) is 0 Å². The smallest absolute Gasteiger partial charge is 0.208 e. The third kappa shape index (κ3) is 2.23. The molecule has 3 N–H and O–H groups in total. The number of rotatable bonds is 3. The van der Waals surface area contributed by atoms with Gasteiger partial charge in [-0.3, -0.25) is 0 Å². The predicted octanol–water partition coefficient (Wildman–Crippen LogP) is 2.36. The van der Waals surface area contributed by atoms with E-state index in [4.69, 9.17) is 10.5 Å². The van der Waals surface area contributed by atoms with Gasteiger partial charge in [-0.1, -0.05) is 6.92 Å². The minimum Gasteiger partial charge on any atom is -0.505 e. The van der Waals surface area contributed by atoms with Crippen molar-refractivity contribution in [3.63, 3.8) is 0 Å². The van der Waals surface area contributed by atoms with Crippen LogP contribution in [0.4, 0.5) is 4.39 Å². The molecule has 0 saturated heterocycles. The molecule has 1 unspecified atom stereocenters. The molecular formula is C10H13BrFNO2. The zero-order valence-electron chi connectivity index (χ0n) is 8.55. The molecule has 0 aromatic heterocycles. The summed E-state index contributed by atoms with van der Waals surface area (Å²) in [5, 5.41) is 9.60. The molecule has 0 amide bonds. The van der Waals surface area contributed by atoms with Crippen molar-refractivity contribution in [1.82, 2.24) is 0 Å². The van der Waals surface area contributed by atoms with E-state index >= 15 is 0 Å². The van der Waals surface area contributed by atoms with E-state index in [1.54, 1.807) is 6.07 Å². The second-order valence-electron chi connectivity index (χ2n) is 3.28. The molecule has 84 valence electrons. The maximum Gasteiger partial charge on any atom is 0.208 e. The van der Waals surface area contributed by atoms with Gasteiger partial charge in [0.15, 0.2) is 11.5 Å². The molecule has 3 nitrogen and oxygen atoms in total. The Morgan fingerprint density at radius 1 is 1.67 bits per heavy atom. The molecule has 0 heterocycles. The van der Waals surface area contributed by atoms with Gasteiger partial charge in [-0.2, -0.15) is 4.39 Å². The summed E-state index contributed by atoms with van der Waals surface area (Å²) in [6.07, 6.45) is 0. The van der Waals surface area contributed by atoms with Crippen LogP contribution >= 0.6 is 15.9 Å². The molecular weight excluding hydrogens is 265 g/mol. The van der Waals surface area contributed by atoms with Crippen molar-refractivity contribution < 1.29 is 14.2 Å². The van der Waals surface area contributed by atoms with Crippen molar-refractivity contribution in [2.75, 3.05) is 13.7 Å². The van der Waals surface area contributed by atoms with Crippen molar-refractivity contribution in [2.45, 2.75) is 12.8 Å². The molecule has 0 bridgehead atoms. The van der Waals surface area contributed by atoms with Crippen molar-refractivity contribution in [2.24, 2.45) is 5.73 Å². The van der Waals surface area contributed by atoms with E-state index in [-0.39, 0.29) is 11.7 Å². The van der Waals surface area contributed by atoms with Crippen molar-refractivity contribution >= 4 is 15.9 Å². The van der Waals surface area contributed by atoms with Crippen LogP contribution < -0.4 is 10.5 Å². The summed E-state index contributed by atoms with van der Waals surface area (Å²) in [5.41, 5.74) is 5.94. The first-order valence-electron chi connectivity index (χ1n) is 4.47. The van der Waals surface area contributed by atoms with Crippen molar-refractivity contribution in [3.05, 3.63) is 21.9 Å². The summed E-state index contributed by atoms with van der Waals surface area (Å²) in [6.45, 7) is 2.15. The van der Waals surface area contributed by atoms with E-state index in [0.717, 1.165) is 0 Å². The van der Waals surface area contributed by atoms with Crippen LogP contribution in [0.25, 0.3) is 0 Å². The summed E-state index contributed by atoms with van der Waals surface area (Å²) >= 11 is 3.17. The van der Waals surface area contributed by atoms with Crippen LogP contribution in [0.1, 0.15) is 18.4 Å². The Morgan fingerprint density at radius 2 is 2.27 bits per heavy atom. The van der Waals surface area contributed by atoms with Gasteiger partial charge in [0, 0.05) is 5.56 Å². The van der Waals surface area contributed by atoms with Crippen LogP contribution in [0, 0.1) is 5.82 Å². The van der Waals surface area contributed by atoms with Crippen molar-refractivity contribution in [1.29, 1.82) is 0 Å². The minimum atomic E-state index is -0.762. The van der Waals surface area contributed by atoms with Gasteiger partial charge in [-0.25, -0.2) is 0 Å². The maximum absolute atomic E-state index is 13.6. The highest BCUT2D eigenvalue weighted by molar-refractivity contribution is 9.10. The molecule has 1 rings (SSSR count). The Hall–Kier alpha value is -0.810. The van der Waals surface area contributed by atoms with E-state index in [1.165, 1.54) is 7.11 Å². The Balaban J connectivity index is 3.33. The molecule has 0 fully saturated rings. The van der Waals surface area contributed by atoms with Crippen LogP contribution in [-0.4, -0.2) is 18.8 Å². The molecule has 15 heavy (non-hydrogen) atoms. The lowest BCUT2D eigenvalue weighted by molar-refractivity contribution is 0.358. The summed E-state index contributed by atoms with van der Waals surface area (Å²) in [5.74, 6) is -1.27. The standard InChI is InChI=1S/C10H13BrFNO2/c1-5(4-13)6-3-7(11)10(15-2)8(12)9(6)14/h3,5,14H,4,13H2,1-2H3. The largest absolute Gasteiger partial charge is 0.505 e. The zero-order valence-corrected chi connectivity index (χ0v) is 10.1. The first-order chi connectivity index (χ1) is 7.02. The highest BCUT2D eigenvalue weighted by Crippen LogP contribution is 2.39. The fourth-order valence-electron chi connectivity index (χ4n) is 1.30. The third-order valence-electron chi connectivity index (χ3n) is 2.27. The lowest BCUT2D eigenvalue weighted by Gasteiger charge is -2.14. The summed E-state index contributed by atoms with van der Waals surface area (Å²) in [7, 11) is 1.34. The first-order valence-corrected chi connectivity index (χ1v) is 5.27. The fourth-order valence-corrected chi connectivity index (χ4v) is 1.88. The van der Waals surface area contributed by atoms with E-state index in [9.17, 15) is 9.50 Å². The minimum absolute atomic E-state index is 0.000437. The Labute approximate surface area is 96.2 Å². The van der Waals surface area contributed by atoms with E-state index in [0.29, 0.717) is 16.6 Å². The highest BCUT2D eigenvalue weighted by atomic mass is 79.9. The Bertz CT molecular complexity index is 371. The fraction of sp³-hybridized carbons (Fsp3) is 0.400. The molecule has 0 aliphatic heterocycles. The summed E-state index contributed by atoms with van der Waals surface area (Å²) in [6, 6.07) is 1.62. The monoisotopic (exact) mass is 277 g/mol.